The minimum absolute atomic E-state index is 0.00442. The maximum absolute atomic E-state index is 10.9. The highest BCUT2D eigenvalue weighted by atomic mass is 35.5. The van der Waals surface area contributed by atoms with Crippen LogP contribution in [-0.2, 0) is 37.9 Å². The van der Waals surface area contributed by atoms with Gasteiger partial charge in [-0.1, -0.05) is 5.11 Å². The number of alkyl halides is 1. The average Bonchev–Trinajstić information content (AvgIpc) is 2.80. The summed E-state index contributed by atoms with van der Waals surface area (Å²) in [6.07, 6.45) is -1.49. The molecule has 0 saturated carbocycles. The number of azide groups is 1. The minimum Gasteiger partial charge on any atom is -0.434 e. The van der Waals surface area contributed by atoms with Gasteiger partial charge in [-0.25, -0.2) is 9.59 Å². The summed E-state index contributed by atoms with van der Waals surface area (Å²) in [5, 5.41) is 3.19. The molecular weight excluding hydrogens is 454 g/mol. The van der Waals surface area contributed by atoms with Crippen molar-refractivity contribution in [1.29, 1.82) is 0 Å². The Morgan fingerprint density at radius 2 is 1.25 bits per heavy atom. The molecule has 0 aromatic carbocycles. The average molecular weight is 488 g/mol. The molecule has 0 rings (SSSR count). The molecule has 0 saturated heterocycles. The molecule has 0 aromatic rings. The molecule has 2 atom stereocenters. The van der Waals surface area contributed by atoms with E-state index in [0.29, 0.717) is 19.8 Å². The summed E-state index contributed by atoms with van der Waals surface area (Å²) in [7, 11) is 3.19. The Bertz CT molecular complexity index is 509. The van der Waals surface area contributed by atoms with Gasteiger partial charge in [0.15, 0.2) is 0 Å². The number of halogens is 1. The summed E-state index contributed by atoms with van der Waals surface area (Å²) in [4.78, 5) is 24.2. The SMILES string of the molecule is COC(C)COCCOC(=O)OCCCl.COC(C)COCCOC(=O)OCCN=[N+]=[N-]. The van der Waals surface area contributed by atoms with Crippen LogP contribution in [0.1, 0.15) is 13.8 Å². The summed E-state index contributed by atoms with van der Waals surface area (Å²) in [5.41, 5.74) is 7.96. The summed E-state index contributed by atoms with van der Waals surface area (Å²) < 4.78 is 38.7. The summed E-state index contributed by atoms with van der Waals surface area (Å²) in [6, 6.07) is 0. The zero-order chi connectivity index (χ0) is 24.5. The fourth-order valence-electron chi connectivity index (χ4n) is 1.42. The second kappa shape index (κ2) is 25.2. The van der Waals surface area contributed by atoms with Crippen LogP contribution in [0.4, 0.5) is 9.59 Å². The highest BCUT2D eigenvalue weighted by molar-refractivity contribution is 6.18. The van der Waals surface area contributed by atoms with Crippen molar-refractivity contribution in [2.45, 2.75) is 26.1 Å². The third-order valence-corrected chi connectivity index (χ3v) is 3.33. The summed E-state index contributed by atoms with van der Waals surface area (Å²) >= 11 is 5.31. The van der Waals surface area contributed by atoms with Gasteiger partial charge in [0, 0.05) is 19.1 Å². The van der Waals surface area contributed by atoms with Crippen LogP contribution in [0.5, 0.6) is 0 Å². The van der Waals surface area contributed by atoms with Gasteiger partial charge in [-0.2, -0.15) is 0 Å². The standard InChI is InChI=1S/C9H17ClO5.C9H17N3O5/c1-8(12-2)7-13-5-6-15-9(11)14-4-3-10;1-8(14-2)7-15-5-6-17-9(13)16-4-3-11-12-10/h8H,3-7H2,1-2H3;8H,3-7H2,1-2H3. The largest absolute Gasteiger partial charge is 0.508 e. The lowest BCUT2D eigenvalue weighted by atomic mass is 10.4. The first-order valence-electron chi connectivity index (χ1n) is 9.78. The molecular formula is C18H34ClN3O10. The van der Waals surface area contributed by atoms with Crippen LogP contribution in [0.2, 0.25) is 0 Å². The molecule has 0 amide bonds. The van der Waals surface area contributed by atoms with E-state index in [1.807, 2.05) is 13.8 Å². The van der Waals surface area contributed by atoms with E-state index < -0.39 is 12.3 Å². The van der Waals surface area contributed by atoms with Crippen LogP contribution in [0.25, 0.3) is 10.4 Å². The van der Waals surface area contributed by atoms with Crippen molar-refractivity contribution in [2.75, 3.05) is 79.5 Å². The normalized spacial score (nSPS) is 11.8. The van der Waals surface area contributed by atoms with Gasteiger partial charge in [-0.15, -0.1) is 11.6 Å². The zero-order valence-electron chi connectivity index (χ0n) is 19.0. The van der Waals surface area contributed by atoms with Gasteiger partial charge in [-0.05, 0) is 19.4 Å². The predicted octanol–water partition coefficient (Wildman–Crippen LogP) is 2.93. The highest BCUT2D eigenvalue weighted by Crippen LogP contribution is 1.92. The zero-order valence-corrected chi connectivity index (χ0v) is 19.8. The van der Waals surface area contributed by atoms with Gasteiger partial charge in [0.1, 0.15) is 26.4 Å². The van der Waals surface area contributed by atoms with E-state index in [4.69, 9.17) is 36.1 Å². The van der Waals surface area contributed by atoms with Crippen LogP contribution < -0.4 is 0 Å². The van der Waals surface area contributed by atoms with Crippen molar-refractivity contribution in [1.82, 2.24) is 0 Å². The molecule has 0 heterocycles. The minimum atomic E-state index is -0.804. The van der Waals surface area contributed by atoms with Gasteiger partial charge < -0.3 is 37.9 Å². The van der Waals surface area contributed by atoms with E-state index in [2.05, 4.69) is 29.0 Å². The number of ether oxygens (including phenoxy) is 8. The topological polar surface area (TPSA) is 157 Å². The Labute approximate surface area is 193 Å². The lowest BCUT2D eigenvalue weighted by Gasteiger charge is -2.10. The highest BCUT2D eigenvalue weighted by Gasteiger charge is 2.04. The number of hydrogen-bond donors (Lipinski definition) is 0. The third-order valence-electron chi connectivity index (χ3n) is 3.18. The molecule has 0 aliphatic carbocycles. The fourth-order valence-corrected chi connectivity index (χ4v) is 1.50. The fraction of sp³-hybridized carbons (Fsp3) is 0.889. The van der Waals surface area contributed by atoms with Crippen LogP contribution >= 0.6 is 11.6 Å². The number of carbonyl (C=O) groups excluding carboxylic acids is 2. The smallest absolute Gasteiger partial charge is 0.434 e. The Balaban J connectivity index is 0. The first-order chi connectivity index (χ1) is 15.4. The molecule has 14 heteroatoms. The number of nitrogens with zero attached hydrogens (tertiary/aromatic N) is 3. The Morgan fingerprint density at radius 3 is 1.66 bits per heavy atom. The molecule has 0 spiro atoms. The number of methoxy groups -OCH3 is 2. The number of rotatable bonds is 17. The lowest BCUT2D eigenvalue weighted by Crippen LogP contribution is -2.18. The molecule has 0 aliphatic rings. The van der Waals surface area contributed by atoms with E-state index in [0.717, 1.165) is 0 Å². The van der Waals surface area contributed by atoms with E-state index in [9.17, 15) is 9.59 Å². The lowest BCUT2D eigenvalue weighted by molar-refractivity contribution is -0.00704. The van der Waals surface area contributed by atoms with Gasteiger partial charge in [0.25, 0.3) is 0 Å². The maximum Gasteiger partial charge on any atom is 0.508 e. The first-order valence-corrected chi connectivity index (χ1v) is 10.3. The van der Waals surface area contributed by atoms with Crippen molar-refractivity contribution < 1.29 is 47.5 Å². The monoisotopic (exact) mass is 487 g/mol. The quantitative estimate of drug-likeness (QED) is 0.0745. The molecule has 0 N–H and O–H groups in total. The van der Waals surface area contributed by atoms with Crippen molar-refractivity contribution in [3.8, 4) is 0 Å². The van der Waals surface area contributed by atoms with Crippen molar-refractivity contribution in [3.63, 3.8) is 0 Å². The molecule has 0 aromatic heterocycles. The molecule has 0 bridgehead atoms. The molecule has 13 nitrogen and oxygen atoms in total. The van der Waals surface area contributed by atoms with Crippen LogP contribution in [0.3, 0.4) is 0 Å². The van der Waals surface area contributed by atoms with Crippen LogP contribution in [-0.4, -0.2) is 104 Å². The maximum atomic E-state index is 10.9. The van der Waals surface area contributed by atoms with Crippen molar-refractivity contribution in [2.24, 2.45) is 5.11 Å². The molecule has 0 fully saturated rings. The predicted molar refractivity (Wildman–Crippen MR) is 114 cm³/mol. The van der Waals surface area contributed by atoms with Gasteiger partial charge in [0.2, 0.25) is 0 Å². The van der Waals surface area contributed by atoms with E-state index >= 15 is 0 Å². The van der Waals surface area contributed by atoms with E-state index in [-0.39, 0.29) is 57.7 Å². The molecule has 0 aliphatic heterocycles. The molecule has 32 heavy (non-hydrogen) atoms. The molecule has 0 radical (unpaired) electrons. The van der Waals surface area contributed by atoms with Crippen LogP contribution in [0.15, 0.2) is 5.11 Å². The van der Waals surface area contributed by atoms with E-state index in [1.54, 1.807) is 14.2 Å². The molecule has 188 valence electrons. The van der Waals surface area contributed by atoms with Gasteiger partial charge >= 0.3 is 12.3 Å². The molecule has 2 unspecified atom stereocenters. The van der Waals surface area contributed by atoms with Crippen LogP contribution in [0, 0.1) is 0 Å². The summed E-state index contributed by atoms with van der Waals surface area (Å²) in [6.45, 7) is 5.78. The Hall–Kier alpha value is -2.02. The van der Waals surface area contributed by atoms with Gasteiger partial charge in [-0.3, -0.25) is 0 Å². The third kappa shape index (κ3) is 26.0. The van der Waals surface area contributed by atoms with Crippen molar-refractivity contribution in [3.05, 3.63) is 10.4 Å². The number of hydrogen-bond acceptors (Lipinski definition) is 11. The first kappa shape index (κ1) is 32.2. The summed E-state index contributed by atoms with van der Waals surface area (Å²) in [5.74, 6) is 0.261. The Morgan fingerprint density at radius 1 is 0.812 bits per heavy atom. The Kier molecular flexibility index (Phi) is 25.4. The second-order valence-electron chi connectivity index (χ2n) is 5.78. The van der Waals surface area contributed by atoms with E-state index in [1.165, 1.54) is 0 Å². The van der Waals surface area contributed by atoms with Crippen molar-refractivity contribution >= 4 is 23.9 Å². The van der Waals surface area contributed by atoms with Gasteiger partial charge in [0.05, 0.1) is 51.1 Å². The number of carbonyl (C=O) groups is 2. The second-order valence-corrected chi connectivity index (χ2v) is 6.16.